The standard InChI is InChI=1S/C20H18N2O3/c21-12-14-5-8-18(9-6-14)25-19-3-1-2-16(11-19)20(24)22-17-7-4-15(10-17)13-23/h1-9,11,15,17,23H,10,13H2,(H,22,24)/t15-,17+/m0/s1. The molecule has 1 amide bonds. The van der Waals surface area contributed by atoms with Gasteiger partial charge in [0.05, 0.1) is 11.6 Å². The molecule has 2 aromatic carbocycles. The monoisotopic (exact) mass is 334 g/mol. The predicted octanol–water partition coefficient (Wildman–Crippen LogP) is 3.02. The first-order chi connectivity index (χ1) is 12.2. The Morgan fingerprint density at radius 2 is 2.00 bits per heavy atom. The second kappa shape index (κ2) is 7.65. The van der Waals surface area contributed by atoms with Crippen LogP contribution in [0.4, 0.5) is 0 Å². The third kappa shape index (κ3) is 4.25. The number of aliphatic hydroxyl groups is 1. The Labute approximate surface area is 146 Å². The van der Waals surface area contributed by atoms with Crippen molar-refractivity contribution in [2.45, 2.75) is 12.5 Å². The highest BCUT2D eigenvalue weighted by Crippen LogP contribution is 2.23. The molecule has 3 rings (SSSR count). The topological polar surface area (TPSA) is 82.3 Å². The van der Waals surface area contributed by atoms with E-state index < -0.39 is 0 Å². The van der Waals surface area contributed by atoms with E-state index in [0.29, 0.717) is 29.0 Å². The van der Waals surface area contributed by atoms with Crippen LogP contribution in [0.1, 0.15) is 22.3 Å². The summed E-state index contributed by atoms with van der Waals surface area (Å²) in [4.78, 5) is 12.4. The van der Waals surface area contributed by atoms with Gasteiger partial charge < -0.3 is 15.2 Å². The average molecular weight is 334 g/mol. The number of hydrogen-bond donors (Lipinski definition) is 2. The maximum Gasteiger partial charge on any atom is 0.251 e. The van der Waals surface area contributed by atoms with Crippen LogP contribution in [0.2, 0.25) is 0 Å². The lowest BCUT2D eigenvalue weighted by atomic mass is 10.1. The van der Waals surface area contributed by atoms with Gasteiger partial charge in [-0.25, -0.2) is 0 Å². The highest BCUT2D eigenvalue weighted by molar-refractivity contribution is 5.94. The van der Waals surface area contributed by atoms with Crippen molar-refractivity contribution in [2.24, 2.45) is 5.92 Å². The molecule has 0 aromatic heterocycles. The molecule has 126 valence electrons. The Balaban J connectivity index is 1.65. The van der Waals surface area contributed by atoms with E-state index in [0.717, 1.165) is 0 Å². The molecule has 25 heavy (non-hydrogen) atoms. The van der Waals surface area contributed by atoms with Crippen LogP contribution in [0.5, 0.6) is 11.5 Å². The Morgan fingerprint density at radius 3 is 2.68 bits per heavy atom. The second-order valence-electron chi connectivity index (χ2n) is 5.91. The molecule has 0 radical (unpaired) electrons. The molecule has 2 atom stereocenters. The van der Waals surface area contributed by atoms with Crippen LogP contribution >= 0.6 is 0 Å². The lowest BCUT2D eigenvalue weighted by Gasteiger charge is -2.13. The van der Waals surface area contributed by atoms with E-state index >= 15 is 0 Å². The van der Waals surface area contributed by atoms with Gasteiger partial charge in [0.25, 0.3) is 5.91 Å². The van der Waals surface area contributed by atoms with Gasteiger partial charge in [-0.15, -0.1) is 0 Å². The normalized spacial score (nSPS) is 18.6. The number of rotatable bonds is 5. The molecule has 5 heteroatoms. The SMILES string of the molecule is N#Cc1ccc(Oc2cccc(C(=O)N[C@@H]3C=C[C@H](CO)C3)c2)cc1. The van der Waals surface area contributed by atoms with Crippen LogP contribution in [0.3, 0.4) is 0 Å². The molecule has 0 aliphatic heterocycles. The van der Waals surface area contributed by atoms with Crippen LogP contribution in [0, 0.1) is 17.2 Å². The predicted molar refractivity (Wildman–Crippen MR) is 93.3 cm³/mol. The number of ether oxygens (including phenoxy) is 1. The third-order valence-electron chi connectivity index (χ3n) is 4.04. The molecule has 1 aliphatic rings. The van der Waals surface area contributed by atoms with Crippen LogP contribution in [0.15, 0.2) is 60.7 Å². The highest BCUT2D eigenvalue weighted by atomic mass is 16.5. The molecule has 1 aliphatic carbocycles. The minimum atomic E-state index is -0.182. The Morgan fingerprint density at radius 1 is 1.20 bits per heavy atom. The van der Waals surface area contributed by atoms with Crippen molar-refractivity contribution < 1.29 is 14.6 Å². The molecule has 0 saturated carbocycles. The first-order valence-electron chi connectivity index (χ1n) is 8.06. The van der Waals surface area contributed by atoms with Gasteiger partial charge in [0, 0.05) is 24.1 Å². The van der Waals surface area contributed by atoms with Crippen molar-refractivity contribution >= 4 is 5.91 Å². The fraction of sp³-hybridized carbons (Fsp3) is 0.200. The number of nitrogens with one attached hydrogen (secondary N) is 1. The summed E-state index contributed by atoms with van der Waals surface area (Å²) in [5.41, 5.74) is 1.07. The fourth-order valence-electron chi connectivity index (χ4n) is 2.70. The molecular weight excluding hydrogens is 316 g/mol. The number of nitriles is 1. The summed E-state index contributed by atoms with van der Waals surface area (Å²) >= 11 is 0. The number of amides is 1. The molecule has 0 bridgehead atoms. The molecule has 2 N–H and O–H groups in total. The zero-order valence-corrected chi connectivity index (χ0v) is 13.6. The number of nitrogens with zero attached hydrogens (tertiary/aromatic N) is 1. The summed E-state index contributed by atoms with van der Waals surface area (Å²) in [7, 11) is 0. The first kappa shape index (κ1) is 16.7. The van der Waals surface area contributed by atoms with Crippen molar-refractivity contribution in [3.05, 3.63) is 71.8 Å². The van der Waals surface area contributed by atoms with Gasteiger partial charge in [-0.05, 0) is 48.9 Å². The van der Waals surface area contributed by atoms with Gasteiger partial charge in [-0.2, -0.15) is 5.26 Å². The van der Waals surface area contributed by atoms with Crippen LogP contribution in [0.25, 0.3) is 0 Å². The summed E-state index contributed by atoms with van der Waals surface area (Å²) in [6.07, 6.45) is 4.55. The lowest BCUT2D eigenvalue weighted by Crippen LogP contribution is -2.32. The van der Waals surface area contributed by atoms with E-state index in [1.807, 2.05) is 12.2 Å². The summed E-state index contributed by atoms with van der Waals surface area (Å²) in [5.74, 6) is 1.07. The largest absolute Gasteiger partial charge is 0.457 e. The number of benzene rings is 2. The van der Waals surface area contributed by atoms with Crippen molar-refractivity contribution in [3.63, 3.8) is 0 Å². The zero-order chi connectivity index (χ0) is 17.6. The van der Waals surface area contributed by atoms with E-state index in [-0.39, 0.29) is 24.5 Å². The number of aliphatic hydroxyl groups excluding tert-OH is 1. The van der Waals surface area contributed by atoms with Crippen LogP contribution in [-0.4, -0.2) is 23.7 Å². The minimum Gasteiger partial charge on any atom is -0.457 e. The van der Waals surface area contributed by atoms with Gasteiger partial charge in [0.1, 0.15) is 11.5 Å². The maximum absolute atomic E-state index is 12.4. The van der Waals surface area contributed by atoms with Crippen molar-refractivity contribution in [2.75, 3.05) is 6.61 Å². The summed E-state index contributed by atoms with van der Waals surface area (Å²) in [6.45, 7) is 0.0940. The Hall–Kier alpha value is -3.10. The average Bonchev–Trinajstić information content (AvgIpc) is 3.10. The van der Waals surface area contributed by atoms with Crippen LogP contribution in [-0.2, 0) is 0 Å². The van der Waals surface area contributed by atoms with Crippen molar-refractivity contribution in [3.8, 4) is 17.6 Å². The van der Waals surface area contributed by atoms with Crippen molar-refractivity contribution in [1.82, 2.24) is 5.32 Å². The van der Waals surface area contributed by atoms with Gasteiger partial charge in [0.2, 0.25) is 0 Å². The summed E-state index contributed by atoms with van der Waals surface area (Å²) in [5, 5.41) is 20.9. The highest BCUT2D eigenvalue weighted by Gasteiger charge is 2.20. The second-order valence-corrected chi connectivity index (χ2v) is 5.91. The van der Waals surface area contributed by atoms with E-state index in [1.165, 1.54) is 0 Å². The van der Waals surface area contributed by atoms with Crippen LogP contribution < -0.4 is 10.1 Å². The molecule has 2 aromatic rings. The van der Waals surface area contributed by atoms with E-state index in [9.17, 15) is 4.79 Å². The Bertz CT molecular complexity index is 822. The quantitative estimate of drug-likeness (QED) is 0.824. The fourth-order valence-corrected chi connectivity index (χ4v) is 2.70. The van der Waals surface area contributed by atoms with Crippen molar-refractivity contribution in [1.29, 1.82) is 5.26 Å². The third-order valence-corrected chi connectivity index (χ3v) is 4.04. The number of carbonyl (C=O) groups is 1. The lowest BCUT2D eigenvalue weighted by molar-refractivity contribution is 0.0940. The van der Waals surface area contributed by atoms with Gasteiger partial charge in [-0.1, -0.05) is 18.2 Å². The van der Waals surface area contributed by atoms with Gasteiger partial charge in [-0.3, -0.25) is 4.79 Å². The van der Waals surface area contributed by atoms with E-state index in [4.69, 9.17) is 15.1 Å². The molecule has 0 fully saturated rings. The molecule has 0 unspecified atom stereocenters. The summed E-state index contributed by atoms with van der Waals surface area (Å²) in [6, 6.07) is 15.7. The summed E-state index contributed by atoms with van der Waals surface area (Å²) < 4.78 is 5.74. The van der Waals surface area contributed by atoms with E-state index in [2.05, 4.69) is 11.4 Å². The first-order valence-corrected chi connectivity index (χ1v) is 8.06. The zero-order valence-electron chi connectivity index (χ0n) is 13.6. The Kier molecular flexibility index (Phi) is 5.12. The number of carbonyl (C=O) groups excluding carboxylic acids is 1. The van der Waals surface area contributed by atoms with E-state index in [1.54, 1.807) is 48.5 Å². The minimum absolute atomic E-state index is 0.0623. The molecule has 0 spiro atoms. The number of hydrogen-bond acceptors (Lipinski definition) is 4. The van der Waals surface area contributed by atoms with Gasteiger partial charge in [0.15, 0.2) is 0 Å². The smallest absolute Gasteiger partial charge is 0.251 e. The molecule has 0 saturated heterocycles. The molecule has 5 nitrogen and oxygen atoms in total. The van der Waals surface area contributed by atoms with Gasteiger partial charge >= 0.3 is 0 Å². The maximum atomic E-state index is 12.4. The molecular formula is C20H18N2O3. The molecule has 0 heterocycles.